The number of phenols is 2. The van der Waals surface area contributed by atoms with E-state index in [1.807, 2.05) is 0 Å². The van der Waals surface area contributed by atoms with Gasteiger partial charge < -0.3 is 96.1 Å². The van der Waals surface area contributed by atoms with Gasteiger partial charge in [0.1, 0.15) is 59.8 Å². The van der Waals surface area contributed by atoms with Crippen molar-refractivity contribution in [3.8, 4) is 11.5 Å². The number of hydrogen-bond acceptors (Lipinski definition) is 21. The number of hydrogen-bond donors (Lipinski definition) is 20. The van der Waals surface area contributed by atoms with Crippen LogP contribution in [-0.4, -0.2) is 209 Å². The van der Waals surface area contributed by atoms with Crippen molar-refractivity contribution >= 4 is 108 Å². The second-order valence-corrected chi connectivity index (χ2v) is 22.3. The van der Waals surface area contributed by atoms with Crippen LogP contribution in [0.25, 0.3) is 0 Å². The molecular weight excluding hydrogens is 1210 g/mol. The number of carboxylic acids is 1. The number of benzene rings is 2. The monoisotopic (exact) mass is 1290 g/mol. The Morgan fingerprint density at radius 2 is 0.875 bits per heavy atom. The van der Waals surface area contributed by atoms with Crippen molar-refractivity contribution in [2.24, 2.45) is 23.1 Å². The molecule has 21 N–H and O–H groups in total. The zero-order valence-electron chi connectivity index (χ0n) is 49.3. The molecule has 2 aromatic carbocycles. The molecule has 490 valence electrons. The quantitative estimate of drug-likeness (QED) is 0.0219. The minimum absolute atomic E-state index is 0.0298. The molecule has 0 radical (unpaired) electrons. The summed E-state index contributed by atoms with van der Waals surface area (Å²) in [5, 5.41) is 66.5. The first-order valence-corrected chi connectivity index (χ1v) is 31.0. The van der Waals surface area contributed by atoms with Crippen molar-refractivity contribution in [3.05, 3.63) is 59.7 Å². The molecule has 33 heteroatoms. The van der Waals surface area contributed by atoms with Crippen molar-refractivity contribution in [3.63, 3.8) is 0 Å². The maximum Gasteiger partial charge on any atom is 0.326 e. The van der Waals surface area contributed by atoms with Crippen molar-refractivity contribution in [1.29, 1.82) is 0 Å². The number of carboxylic acid groups (broad SMARTS) is 1. The fourth-order valence-electron chi connectivity index (χ4n) is 8.07. The van der Waals surface area contributed by atoms with E-state index in [0.717, 1.165) is 0 Å². The van der Waals surface area contributed by atoms with Gasteiger partial charge in [0.05, 0.1) is 32.3 Å². The van der Waals surface area contributed by atoms with Crippen molar-refractivity contribution < 1.29 is 78.0 Å². The summed E-state index contributed by atoms with van der Waals surface area (Å²) in [6.07, 6.45) is 3.76. The lowest BCUT2D eigenvalue weighted by molar-refractivity contribution is -0.142. The summed E-state index contributed by atoms with van der Waals surface area (Å²) in [7, 11) is 0. The van der Waals surface area contributed by atoms with E-state index in [9.17, 15) is 78.0 Å². The number of carbonyl (C=O) groups excluding carboxylic acids is 11. The molecule has 2 aromatic rings. The van der Waals surface area contributed by atoms with Crippen LogP contribution < -0.4 is 75.7 Å². The highest BCUT2D eigenvalue weighted by Gasteiger charge is 2.35. The fourth-order valence-corrected chi connectivity index (χ4v) is 9.06. The molecule has 11 amide bonds. The van der Waals surface area contributed by atoms with Gasteiger partial charge in [0.15, 0.2) is 0 Å². The number of amides is 11. The van der Waals surface area contributed by atoms with Crippen molar-refractivity contribution in [2.75, 3.05) is 62.8 Å². The highest BCUT2D eigenvalue weighted by atomic mass is 32.2. The Balaban J connectivity index is 2.21. The van der Waals surface area contributed by atoms with Crippen molar-refractivity contribution in [2.45, 2.75) is 126 Å². The summed E-state index contributed by atoms with van der Waals surface area (Å²) in [4.78, 5) is 159. The molecule has 9 atom stereocenters. The number of unbranched alkanes of at least 4 members (excludes halogenated alkanes) is 2. The topological polar surface area (TPSA) is 496 Å². The van der Waals surface area contributed by atoms with E-state index in [0.29, 0.717) is 49.8 Å². The molecule has 30 nitrogen and oxygen atoms in total. The van der Waals surface area contributed by atoms with Gasteiger partial charge in [-0.3, -0.25) is 52.7 Å². The van der Waals surface area contributed by atoms with Gasteiger partial charge in [0.2, 0.25) is 65.0 Å². The highest BCUT2D eigenvalue weighted by Crippen LogP contribution is 2.15. The number of carbonyl (C=O) groups is 12. The Morgan fingerprint density at radius 1 is 0.477 bits per heavy atom. The number of aromatic hydroxyl groups is 2. The summed E-state index contributed by atoms with van der Waals surface area (Å²) in [5.41, 5.74) is 17.8. The molecule has 0 saturated heterocycles. The first-order chi connectivity index (χ1) is 41.8. The van der Waals surface area contributed by atoms with Gasteiger partial charge in [-0.2, -0.15) is 37.0 Å². The first-order valence-electron chi connectivity index (χ1n) is 28.3. The lowest BCUT2D eigenvalue weighted by Crippen LogP contribution is -2.61. The molecule has 88 heavy (non-hydrogen) atoms. The summed E-state index contributed by atoms with van der Waals surface area (Å²) in [6.45, 7) is 1.15. The van der Waals surface area contributed by atoms with Gasteiger partial charge >= 0.3 is 5.97 Å². The Morgan fingerprint density at radius 3 is 1.34 bits per heavy atom. The fraction of sp³-hybridized carbons (Fsp3) is 0.564. The molecule has 0 spiro atoms. The third-order valence-corrected chi connectivity index (χ3v) is 14.5. The Bertz CT molecular complexity index is 2630. The van der Waals surface area contributed by atoms with Gasteiger partial charge in [-0.1, -0.05) is 44.5 Å². The van der Waals surface area contributed by atoms with Gasteiger partial charge in [0.25, 0.3) is 0 Å². The van der Waals surface area contributed by atoms with E-state index < -0.39 is 157 Å². The number of nitrogens with one attached hydrogen (secondary N) is 11. The maximum absolute atomic E-state index is 14.3. The lowest BCUT2D eigenvalue weighted by atomic mass is 10.0. The average molecular weight is 1300 g/mol. The number of aliphatic hydroxyl groups is 1. The van der Waals surface area contributed by atoms with Crippen LogP contribution in [-0.2, 0) is 70.4 Å². The second kappa shape index (κ2) is 41.7. The van der Waals surface area contributed by atoms with Gasteiger partial charge in [-0.15, -0.1) is 0 Å². The number of thiol groups is 2. The molecule has 0 unspecified atom stereocenters. The number of nitrogens with two attached hydrogens (primary N) is 3. The third kappa shape index (κ3) is 29.1. The lowest BCUT2D eigenvalue weighted by Gasteiger charge is -2.28. The van der Waals surface area contributed by atoms with Gasteiger partial charge in [-0.25, -0.2) is 4.79 Å². The molecule has 0 fully saturated rings. The number of thioether (sulfide) groups is 1. The molecule has 0 aliphatic rings. The summed E-state index contributed by atoms with van der Waals surface area (Å²) < 4.78 is 0. The smallest absolute Gasteiger partial charge is 0.326 e. The van der Waals surface area contributed by atoms with E-state index in [-0.39, 0.29) is 61.0 Å². The van der Waals surface area contributed by atoms with Crippen LogP contribution in [0, 0.1) is 5.92 Å². The minimum atomic E-state index is -1.71. The van der Waals surface area contributed by atoms with E-state index in [2.05, 4.69) is 83.7 Å². The molecule has 0 saturated carbocycles. The molecule has 2 rings (SSSR count). The van der Waals surface area contributed by atoms with Crippen LogP contribution >= 0.6 is 37.0 Å². The Hall–Kier alpha value is -7.43. The molecule has 0 aliphatic heterocycles. The zero-order valence-corrected chi connectivity index (χ0v) is 51.9. The van der Waals surface area contributed by atoms with E-state index in [1.165, 1.54) is 60.3 Å². The molecule has 0 aromatic heterocycles. The highest BCUT2D eigenvalue weighted by molar-refractivity contribution is 7.98. The SMILES string of the molecule is CSCC[C@H](NC(=O)[C@H](Cc1ccc(O)cc1)NC(=O)[C@H](CS)NC(=O)[C@H](CCCCN)NC(=O)CNC(=O)CNC(=O)CNC(=O)[C@@H](N)CCCCN)C(=O)N[C@@H](CS)C(=O)N[C@H](CO)C(=O)N[C@H](C(=O)N[C@@H](Cc1ccc(O)cc1)C(=O)O)C(C)C. The molecule has 0 aliphatic carbocycles. The minimum Gasteiger partial charge on any atom is -0.508 e. The summed E-state index contributed by atoms with van der Waals surface area (Å²) >= 11 is 9.79. The van der Waals surface area contributed by atoms with Crippen LogP contribution in [0.1, 0.15) is 69.9 Å². The van der Waals surface area contributed by atoms with Gasteiger partial charge in [0, 0.05) is 24.3 Å². The molecular formula is C55H86N14O16S3. The predicted octanol–water partition coefficient (Wildman–Crippen LogP) is -4.96. The molecule has 0 bridgehead atoms. The Labute approximate surface area is 525 Å². The largest absolute Gasteiger partial charge is 0.508 e. The van der Waals surface area contributed by atoms with E-state index in [4.69, 9.17) is 17.2 Å². The summed E-state index contributed by atoms with van der Waals surface area (Å²) in [5.74, 6) is -12.0. The van der Waals surface area contributed by atoms with Crippen LogP contribution in [0.3, 0.4) is 0 Å². The van der Waals surface area contributed by atoms with Crippen LogP contribution in [0.15, 0.2) is 48.5 Å². The molecule has 0 heterocycles. The normalized spacial score (nSPS) is 14.1. The first kappa shape index (κ1) is 76.7. The Kier molecular flexibility index (Phi) is 36.3. The zero-order chi connectivity index (χ0) is 65.9. The number of aliphatic hydroxyl groups excluding tert-OH is 1. The van der Waals surface area contributed by atoms with Crippen LogP contribution in [0.5, 0.6) is 11.5 Å². The number of rotatable bonds is 42. The predicted molar refractivity (Wildman–Crippen MR) is 332 cm³/mol. The van der Waals surface area contributed by atoms with E-state index in [1.54, 1.807) is 20.1 Å². The van der Waals surface area contributed by atoms with Gasteiger partial charge in [-0.05, 0) is 105 Å². The standard InChI is InChI=1S/C55H86N14O16S3/c1-30(2)46(54(83)65-39(55(84)85)23-32-12-16-34(72)17-13-32)69-51(80)40(27-70)66-53(82)42(29-87)68-49(78)37(18-21-88-3)63-50(79)38(22-31-10-14-33(71)15-11-31)64-52(81)41(28-86)67-48(77)36(9-5-7-20-57)62-45(75)26-60-43(73)24-59-44(74)25-61-47(76)35(58)8-4-6-19-56/h10-17,30,35-42,46,70-72,86-87H,4-9,18-29,56-58H2,1-3H3,(H,59,74)(H,60,73)(H,61,76)(H,62,75)(H,63,79)(H,64,81)(H,65,83)(H,66,82)(H,67,77)(H,68,78)(H,69,80)(H,84,85)/t35-,36-,37-,38-,39-,40+,41-,42-,46-/m0/s1. The van der Waals surface area contributed by atoms with Crippen molar-refractivity contribution in [1.82, 2.24) is 58.5 Å². The average Bonchev–Trinajstić information content (AvgIpc) is 3.71. The van der Waals surface area contributed by atoms with Crippen LogP contribution in [0.4, 0.5) is 0 Å². The van der Waals surface area contributed by atoms with Crippen LogP contribution in [0.2, 0.25) is 0 Å². The van der Waals surface area contributed by atoms with E-state index >= 15 is 0 Å². The number of phenolic OH excluding ortho intramolecular Hbond substituents is 2. The second-order valence-electron chi connectivity index (χ2n) is 20.6. The maximum atomic E-state index is 14.3. The third-order valence-electron chi connectivity index (χ3n) is 13.2. The number of aliphatic carboxylic acids is 1. The summed E-state index contributed by atoms with van der Waals surface area (Å²) in [6, 6.07) is -1.22.